The number of carbonyl (C=O) groups is 3. The van der Waals surface area contributed by atoms with E-state index in [1.807, 2.05) is 0 Å². The van der Waals surface area contributed by atoms with Gasteiger partial charge in [-0.25, -0.2) is 0 Å². The van der Waals surface area contributed by atoms with E-state index in [-0.39, 0.29) is 31.1 Å². The first-order chi connectivity index (χ1) is 39.5. The molecule has 460 valence electrons. The molecular formula is C74H128O6. The van der Waals surface area contributed by atoms with Gasteiger partial charge in [0.15, 0.2) is 6.10 Å². The lowest BCUT2D eigenvalue weighted by atomic mass is 10.0. The van der Waals surface area contributed by atoms with E-state index in [2.05, 4.69) is 118 Å². The van der Waals surface area contributed by atoms with Gasteiger partial charge in [0, 0.05) is 19.3 Å². The molecule has 0 fully saturated rings. The minimum Gasteiger partial charge on any atom is -0.462 e. The van der Waals surface area contributed by atoms with Crippen molar-refractivity contribution in [2.24, 2.45) is 0 Å². The van der Waals surface area contributed by atoms with Gasteiger partial charge < -0.3 is 14.2 Å². The molecular weight excluding hydrogens is 985 g/mol. The summed E-state index contributed by atoms with van der Waals surface area (Å²) in [4.78, 5) is 38.3. The smallest absolute Gasteiger partial charge is 0.306 e. The second kappa shape index (κ2) is 67.8. The molecule has 6 nitrogen and oxygen atoms in total. The van der Waals surface area contributed by atoms with Crippen molar-refractivity contribution in [2.45, 2.75) is 341 Å². The SMILES string of the molecule is CC/C=C\C/C=C\C/C=C\CCCCCC(=O)OCC(COC(=O)CCCCCCCCCCCCCCCCCC/C=C\C/C=C\C/C=C\CCCCCCC)OC(=O)CCCCCCCCC/C=C\C/C=C\CCCCCC. The van der Waals surface area contributed by atoms with Crippen LogP contribution < -0.4 is 0 Å². The van der Waals surface area contributed by atoms with Crippen LogP contribution in [0.2, 0.25) is 0 Å². The fourth-order valence-electron chi connectivity index (χ4n) is 9.67. The Morgan fingerprint density at radius 2 is 0.487 bits per heavy atom. The summed E-state index contributed by atoms with van der Waals surface area (Å²) in [7, 11) is 0. The third-order valence-corrected chi connectivity index (χ3v) is 14.8. The molecule has 0 aromatic carbocycles. The maximum atomic E-state index is 12.9. The average molecular weight is 1110 g/mol. The number of rotatable bonds is 62. The van der Waals surface area contributed by atoms with Gasteiger partial charge in [0.2, 0.25) is 0 Å². The Labute approximate surface area is 496 Å². The summed E-state index contributed by atoms with van der Waals surface area (Å²) in [5.41, 5.74) is 0. The predicted octanol–water partition coefficient (Wildman–Crippen LogP) is 23.6. The molecule has 0 aliphatic heterocycles. The molecule has 0 aromatic rings. The number of hydrogen-bond donors (Lipinski definition) is 0. The van der Waals surface area contributed by atoms with Crippen LogP contribution in [0.4, 0.5) is 0 Å². The maximum absolute atomic E-state index is 12.9. The van der Waals surface area contributed by atoms with Crippen molar-refractivity contribution in [3.63, 3.8) is 0 Å². The number of ether oxygens (including phenoxy) is 3. The Morgan fingerprint density at radius 1 is 0.263 bits per heavy atom. The highest BCUT2D eigenvalue weighted by molar-refractivity contribution is 5.71. The van der Waals surface area contributed by atoms with Gasteiger partial charge in [-0.3, -0.25) is 14.4 Å². The van der Waals surface area contributed by atoms with Gasteiger partial charge in [-0.05, 0) is 122 Å². The van der Waals surface area contributed by atoms with Gasteiger partial charge in [-0.2, -0.15) is 0 Å². The van der Waals surface area contributed by atoms with Crippen LogP contribution in [0.3, 0.4) is 0 Å². The van der Waals surface area contributed by atoms with E-state index >= 15 is 0 Å². The van der Waals surface area contributed by atoms with E-state index in [1.165, 1.54) is 186 Å². The summed E-state index contributed by atoms with van der Waals surface area (Å²) in [6, 6.07) is 0. The zero-order chi connectivity index (χ0) is 57.8. The molecule has 0 heterocycles. The molecule has 0 aliphatic carbocycles. The second-order valence-corrected chi connectivity index (χ2v) is 22.7. The van der Waals surface area contributed by atoms with E-state index in [0.29, 0.717) is 19.3 Å². The van der Waals surface area contributed by atoms with Crippen molar-refractivity contribution in [3.05, 3.63) is 97.2 Å². The second-order valence-electron chi connectivity index (χ2n) is 22.7. The Morgan fingerprint density at radius 3 is 0.787 bits per heavy atom. The van der Waals surface area contributed by atoms with E-state index in [4.69, 9.17) is 14.2 Å². The maximum Gasteiger partial charge on any atom is 0.306 e. The van der Waals surface area contributed by atoms with Gasteiger partial charge >= 0.3 is 17.9 Å². The summed E-state index contributed by atoms with van der Waals surface area (Å²) < 4.78 is 16.9. The molecule has 0 rings (SSSR count). The third-order valence-electron chi connectivity index (χ3n) is 14.8. The first-order valence-corrected chi connectivity index (χ1v) is 34.2. The van der Waals surface area contributed by atoms with Crippen LogP contribution in [-0.4, -0.2) is 37.2 Å². The first kappa shape index (κ1) is 76.3. The summed E-state index contributed by atoms with van der Waals surface area (Å²) in [6.45, 7) is 6.50. The molecule has 0 aliphatic rings. The highest BCUT2D eigenvalue weighted by Crippen LogP contribution is 2.17. The van der Waals surface area contributed by atoms with Crippen LogP contribution in [0.15, 0.2) is 97.2 Å². The fourth-order valence-corrected chi connectivity index (χ4v) is 9.67. The lowest BCUT2D eigenvalue weighted by Crippen LogP contribution is -2.30. The summed E-state index contributed by atoms with van der Waals surface area (Å²) >= 11 is 0. The first-order valence-electron chi connectivity index (χ1n) is 34.2. The van der Waals surface area contributed by atoms with E-state index in [9.17, 15) is 14.4 Å². The minimum atomic E-state index is -0.795. The average Bonchev–Trinajstić information content (AvgIpc) is 3.46. The number of unbranched alkanes of at least 4 members (excludes halogenated alkanes) is 35. The lowest BCUT2D eigenvalue weighted by molar-refractivity contribution is -0.167. The van der Waals surface area contributed by atoms with Gasteiger partial charge in [0.05, 0.1) is 0 Å². The van der Waals surface area contributed by atoms with Crippen molar-refractivity contribution in [1.82, 2.24) is 0 Å². The lowest BCUT2D eigenvalue weighted by Gasteiger charge is -2.18. The van der Waals surface area contributed by atoms with Crippen molar-refractivity contribution >= 4 is 17.9 Å². The van der Waals surface area contributed by atoms with Crippen LogP contribution in [-0.2, 0) is 28.6 Å². The van der Waals surface area contributed by atoms with Crippen LogP contribution >= 0.6 is 0 Å². The van der Waals surface area contributed by atoms with Crippen LogP contribution in [0.5, 0.6) is 0 Å². The molecule has 80 heavy (non-hydrogen) atoms. The molecule has 0 spiro atoms. The van der Waals surface area contributed by atoms with Gasteiger partial charge in [0.1, 0.15) is 13.2 Å². The Hall–Kier alpha value is -3.67. The molecule has 0 radical (unpaired) electrons. The molecule has 0 aromatic heterocycles. The van der Waals surface area contributed by atoms with Crippen LogP contribution in [0.25, 0.3) is 0 Å². The van der Waals surface area contributed by atoms with Crippen LogP contribution in [0.1, 0.15) is 335 Å². The van der Waals surface area contributed by atoms with Gasteiger partial charge in [0.25, 0.3) is 0 Å². The Bertz CT molecular complexity index is 1560. The number of hydrogen-bond acceptors (Lipinski definition) is 6. The molecule has 0 saturated carbocycles. The van der Waals surface area contributed by atoms with E-state index in [1.54, 1.807) is 0 Å². The van der Waals surface area contributed by atoms with Crippen LogP contribution in [0, 0.1) is 0 Å². The molecule has 6 heteroatoms. The number of carbonyl (C=O) groups excluding carboxylic acids is 3. The molecule has 1 unspecified atom stereocenters. The van der Waals surface area contributed by atoms with Gasteiger partial charge in [-0.15, -0.1) is 0 Å². The molecule has 0 bridgehead atoms. The van der Waals surface area contributed by atoms with Crippen molar-refractivity contribution in [3.8, 4) is 0 Å². The predicted molar refractivity (Wildman–Crippen MR) is 348 cm³/mol. The van der Waals surface area contributed by atoms with Crippen molar-refractivity contribution < 1.29 is 28.6 Å². The third kappa shape index (κ3) is 65.1. The van der Waals surface area contributed by atoms with E-state index < -0.39 is 6.10 Å². The molecule has 0 N–H and O–H groups in total. The summed E-state index contributed by atoms with van der Waals surface area (Å²) in [5, 5.41) is 0. The largest absolute Gasteiger partial charge is 0.462 e. The highest BCUT2D eigenvalue weighted by Gasteiger charge is 2.19. The molecule has 0 amide bonds. The van der Waals surface area contributed by atoms with Crippen molar-refractivity contribution in [1.29, 1.82) is 0 Å². The highest BCUT2D eigenvalue weighted by atomic mass is 16.6. The fraction of sp³-hybridized carbons (Fsp3) is 0.743. The topological polar surface area (TPSA) is 78.9 Å². The Kier molecular flexibility index (Phi) is 64.7. The number of esters is 3. The zero-order valence-corrected chi connectivity index (χ0v) is 52.8. The zero-order valence-electron chi connectivity index (χ0n) is 52.8. The minimum absolute atomic E-state index is 0.0886. The number of allylic oxidation sites excluding steroid dienone is 16. The standard InChI is InChI=1S/C74H128O6/c1-4-7-10-13-16-19-22-25-27-29-31-32-33-34-35-36-37-38-39-40-41-42-43-45-46-49-52-55-58-61-64-67-73(76)79-70-71(69-78-72(75)66-63-60-57-54-51-48-24-21-18-15-12-9-6-3)80-74(77)68-65-62-59-56-53-50-47-44-30-28-26-23-20-17-14-11-8-5-2/h9,12,18,20-23,25,28-31,33-34,48,51,71H,4-8,10-11,13-17,19,24,26-27,32,35-47,49-50,52-70H2,1-3H3/b12-9-,21-18-,23-20-,25-22-,30-28-,31-29-,34-33-,51-48-. The summed E-state index contributed by atoms with van der Waals surface area (Å²) in [5.74, 6) is -0.916. The van der Waals surface area contributed by atoms with Crippen molar-refractivity contribution in [2.75, 3.05) is 13.2 Å². The Balaban J connectivity index is 4.23. The monoisotopic (exact) mass is 1110 g/mol. The van der Waals surface area contributed by atoms with Gasteiger partial charge in [-0.1, -0.05) is 291 Å². The summed E-state index contributed by atoms with van der Waals surface area (Å²) in [6.07, 6.45) is 91.5. The molecule has 1 atom stereocenters. The van der Waals surface area contributed by atoms with E-state index in [0.717, 1.165) is 109 Å². The quantitative estimate of drug-likeness (QED) is 0.0261. The normalized spacial score (nSPS) is 12.7. The molecule has 0 saturated heterocycles.